The lowest BCUT2D eigenvalue weighted by molar-refractivity contribution is 0.111. The molecule has 6 aromatic rings. The maximum Gasteiger partial charge on any atom is 0.205 e. The summed E-state index contributed by atoms with van der Waals surface area (Å²) in [5, 5.41) is 14.8. The molecule has 4 aromatic carbocycles. The molecule has 1 aliphatic carbocycles. The number of aldehydes is 1. The van der Waals surface area contributed by atoms with Crippen LogP contribution in [0.4, 0.5) is 0 Å². The normalized spacial score (nSPS) is 11.7. The Morgan fingerprint density at radius 1 is 0.740 bits per heavy atom. The van der Waals surface area contributed by atoms with E-state index in [0.29, 0.717) is 28.5 Å². The Morgan fingerprint density at radius 3 is 1.92 bits per heavy atom. The van der Waals surface area contributed by atoms with Gasteiger partial charge >= 0.3 is 0 Å². The maximum absolute atomic E-state index is 12.2. The van der Waals surface area contributed by atoms with Crippen molar-refractivity contribution in [1.29, 1.82) is 0 Å². The molecule has 2 aliphatic rings. The first-order chi connectivity index (χ1) is 24.5. The first-order valence-corrected chi connectivity index (χ1v) is 17.5. The van der Waals surface area contributed by atoms with E-state index in [2.05, 4.69) is 79.3 Å². The van der Waals surface area contributed by atoms with E-state index < -0.39 is 5.54 Å². The number of rotatable bonds is 9. The Labute approximate surface area is 305 Å². The molecule has 244 valence electrons. The Bertz CT molecular complexity index is 2320. The number of imidazole rings is 1. The predicted octanol–water partition coefficient (Wildman–Crippen LogP) is 9.44. The average molecular weight is 785 g/mol. The first kappa shape index (κ1) is 31.8. The van der Waals surface area contributed by atoms with E-state index in [1.54, 1.807) is 17.3 Å². The summed E-state index contributed by atoms with van der Waals surface area (Å²) < 4.78 is 8.94. The van der Waals surface area contributed by atoms with Crippen LogP contribution in [0.5, 0.6) is 0 Å². The zero-order chi connectivity index (χ0) is 34.2. The summed E-state index contributed by atoms with van der Waals surface area (Å²) in [6, 6.07) is 40.8. The summed E-state index contributed by atoms with van der Waals surface area (Å²) in [6.45, 7) is 2.21. The highest BCUT2D eigenvalue weighted by Crippen LogP contribution is 2.49. The summed E-state index contributed by atoms with van der Waals surface area (Å²) >= 11 is 7.50. The van der Waals surface area contributed by atoms with Crippen molar-refractivity contribution in [1.82, 2.24) is 29.8 Å². The number of halogens is 2. The Balaban J connectivity index is 1.35. The van der Waals surface area contributed by atoms with E-state index >= 15 is 0 Å². The van der Waals surface area contributed by atoms with E-state index in [-0.39, 0.29) is 0 Å². The van der Waals surface area contributed by atoms with Crippen LogP contribution in [-0.2, 0) is 12.1 Å². The number of hydrogen-bond acceptors (Lipinski definition) is 6. The van der Waals surface area contributed by atoms with Gasteiger partial charge in [-0.3, -0.25) is 4.79 Å². The average Bonchev–Trinajstić information content (AvgIpc) is 3.84. The number of tetrazole rings is 1. The number of aryl methyl sites for hydroxylation is 1. The number of benzene rings is 4. The van der Waals surface area contributed by atoms with Gasteiger partial charge in [0.2, 0.25) is 5.82 Å². The monoisotopic (exact) mass is 782 g/mol. The fourth-order valence-electron chi connectivity index (χ4n) is 6.90. The van der Waals surface area contributed by atoms with Crippen LogP contribution in [0.2, 0.25) is 0 Å². The van der Waals surface area contributed by atoms with Gasteiger partial charge in [0.15, 0.2) is 16.6 Å². The molecule has 0 N–H and O–H groups in total. The van der Waals surface area contributed by atoms with Crippen LogP contribution < -0.4 is 0 Å². The summed E-state index contributed by atoms with van der Waals surface area (Å²) in [7, 11) is 0. The zero-order valence-corrected chi connectivity index (χ0v) is 29.9. The highest BCUT2D eigenvalue weighted by atomic mass is 79.9. The van der Waals surface area contributed by atoms with Crippen molar-refractivity contribution in [3.8, 4) is 33.6 Å². The van der Waals surface area contributed by atoms with Crippen molar-refractivity contribution < 1.29 is 9.21 Å². The van der Waals surface area contributed by atoms with Gasteiger partial charge in [0, 0.05) is 21.2 Å². The number of hydrogen-bond donors (Lipinski definition) is 0. The molecule has 0 saturated carbocycles. The quantitative estimate of drug-likeness (QED) is 0.107. The zero-order valence-electron chi connectivity index (χ0n) is 26.7. The Morgan fingerprint density at radius 2 is 1.32 bits per heavy atom. The second-order valence-electron chi connectivity index (χ2n) is 11.9. The van der Waals surface area contributed by atoms with Gasteiger partial charge in [0.25, 0.3) is 0 Å². The van der Waals surface area contributed by atoms with Crippen LogP contribution in [0, 0.1) is 6.92 Å². The van der Waals surface area contributed by atoms with Gasteiger partial charge in [-0.1, -0.05) is 115 Å². The summed E-state index contributed by atoms with van der Waals surface area (Å²) in [5.74, 6) is 0.466. The molecule has 0 fully saturated rings. The van der Waals surface area contributed by atoms with E-state index in [1.807, 2.05) is 90.4 Å². The lowest BCUT2D eigenvalue weighted by atomic mass is 9.77. The third kappa shape index (κ3) is 5.14. The van der Waals surface area contributed by atoms with Crippen LogP contribution in [0.15, 0.2) is 147 Å². The highest BCUT2D eigenvalue weighted by Gasteiger charge is 2.41. The van der Waals surface area contributed by atoms with Crippen LogP contribution >= 0.6 is 31.9 Å². The molecule has 10 heteroatoms. The summed E-state index contributed by atoms with van der Waals surface area (Å²) in [4.78, 5) is 18.4. The molecule has 0 amide bonds. The van der Waals surface area contributed by atoms with Crippen molar-refractivity contribution in [3.63, 3.8) is 0 Å². The molecular formula is C40H28Br2N6O2. The lowest BCUT2D eigenvalue weighted by Crippen LogP contribution is -2.39. The second kappa shape index (κ2) is 13.1. The van der Waals surface area contributed by atoms with Gasteiger partial charge in [0.05, 0.1) is 24.8 Å². The van der Waals surface area contributed by atoms with Gasteiger partial charge in [-0.15, -0.1) is 15.0 Å². The largest absolute Gasteiger partial charge is 0.472 e. The first-order valence-electron chi connectivity index (χ1n) is 15.9. The van der Waals surface area contributed by atoms with E-state index in [9.17, 15) is 4.79 Å². The number of carbonyl (C=O) groups is 1. The van der Waals surface area contributed by atoms with Crippen molar-refractivity contribution in [2.45, 2.75) is 19.0 Å². The lowest BCUT2D eigenvalue weighted by Gasteiger charge is -2.34. The Kier molecular flexibility index (Phi) is 8.34. The molecule has 0 bridgehead atoms. The molecule has 1 aliphatic heterocycles. The van der Waals surface area contributed by atoms with E-state index in [1.165, 1.54) is 0 Å². The minimum atomic E-state index is -0.914. The van der Waals surface area contributed by atoms with Gasteiger partial charge in [0.1, 0.15) is 5.69 Å². The molecule has 2 aromatic heterocycles. The maximum atomic E-state index is 12.2. The second-order valence-corrected chi connectivity index (χ2v) is 13.4. The van der Waals surface area contributed by atoms with Gasteiger partial charge in [-0.25, -0.2) is 4.98 Å². The summed E-state index contributed by atoms with van der Waals surface area (Å²) in [5.41, 5.74) is 8.74. The molecule has 50 heavy (non-hydrogen) atoms. The molecule has 0 saturated heterocycles. The highest BCUT2D eigenvalue weighted by molar-refractivity contribution is 9.10. The minimum Gasteiger partial charge on any atom is -0.472 e. The number of aromatic nitrogens is 6. The van der Waals surface area contributed by atoms with Crippen LogP contribution in [0.25, 0.3) is 33.6 Å². The van der Waals surface area contributed by atoms with Crippen LogP contribution in [0.1, 0.15) is 38.4 Å². The number of carbonyl (C=O) groups excluding carboxylic acids is 1. The minimum absolute atomic E-state index is 0.379. The van der Waals surface area contributed by atoms with Crippen LogP contribution in [-0.4, -0.2) is 36.0 Å². The topological polar surface area (TPSA) is 91.6 Å². The third-order valence-electron chi connectivity index (χ3n) is 9.17. The SMILES string of the molecule is Cc1nc(Br)n(Cc2c3ccocc-3c(Br)c2-c2ccccc2-c2nnn(C(c3ccccc3)(c3ccccc3)c3ccccc3)n2)c1C=O. The standard InChI is InChI=1S/C40H28Br2N6O2/c1-26-35(24-49)47(39(42)43-26)23-33-30-21-22-50-25-34(30)37(41)36(33)31-19-11-12-20-32(31)38-44-46-48(45-38)40(27-13-5-2-6-14-27,28-15-7-3-8-16-28)29-17-9-4-10-18-29/h2-22,24-25H,23H2,1H3. The molecule has 0 radical (unpaired) electrons. The molecule has 8 nitrogen and oxygen atoms in total. The molecule has 0 atom stereocenters. The number of fused-ring (bicyclic) bond motifs is 1. The van der Waals surface area contributed by atoms with Crippen molar-refractivity contribution >= 4 is 38.1 Å². The third-order valence-corrected chi connectivity index (χ3v) is 10.6. The van der Waals surface area contributed by atoms with Crippen LogP contribution in [0.3, 0.4) is 0 Å². The van der Waals surface area contributed by atoms with E-state index in [0.717, 1.165) is 60.8 Å². The van der Waals surface area contributed by atoms with E-state index in [4.69, 9.17) is 19.8 Å². The van der Waals surface area contributed by atoms with Gasteiger partial charge < -0.3 is 8.98 Å². The number of nitrogens with zero attached hydrogens (tertiary/aromatic N) is 6. The smallest absolute Gasteiger partial charge is 0.205 e. The van der Waals surface area contributed by atoms with Gasteiger partial charge in [-0.05, 0) is 83.4 Å². The van der Waals surface area contributed by atoms with Gasteiger partial charge in [-0.2, -0.15) is 0 Å². The molecule has 8 rings (SSSR count). The Hall–Kier alpha value is -5.45. The molecule has 0 unspecified atom stereocenters. The van der Waals surface area contributed by atoms with Crippen molar-refractivity contribution in [2.75, 3.05) is 0 Å². The van der Waals surface area contributed by atoms with Crippen molar-refractivity contribution in [2.24, 2.45) is 0 Å². The predicted molar refractivity (Wildman–Crippen MR) is 199 cm³/mol. The summed E-state index contributed by atoms with van der Waals surface area (Å²) in [6.07, 6.45) is 4.23. The fraction of sp³-hybridized carbons (Fsp3) is 0.0750. The fourth-order valence-corrected chi connectivity index (χ4v) is 8.24. The van der Waals surface area contributed by atoms with Crippen molar-refractivity contribution in [3.05, 3.63) is 177 Å². The molecule has 0 spiro atoms. The molecular weight excluding hydrogens is 756 g/mol. The molecule has 3 heterocycles.